The van der Waals surface area contributed by atoms with E-state index in [0.29, 0.717) is 24.1 Å². The van der Waals surface area contributed by atoms with Gasteiger partial charge in [-0.3, -0.25) is 4.79 Å². The second kappa shape index (κ2) is 3.14. The van der Waals surface area contributed by atoms with Crippen molar-refractivity contribution in [3.63, 3.8) is 0 Å². The molecule has 0 aliphatic heterocycles. The molecule has 0 fully saturated rings. The highest BCUT2D eigenvalue weighted by molar-refractivity contribution is 5.71. The Hall–Kier alpha value is -1.38. The van der Waals surface area contributed by atoms with Crippen molar-refractivity contribution in [3.8, 4) is 5.75 Å². The topological polar surface area (TPSA) is 50.2 Å². The predicted octanol–water partition coefficient (Wildman–Crippen LogP) is 1.16. The van der Waals surface area contributed by atoms with Crippen molar-refractivity contribution in [1.29, 1.82) is 0 Å². The van der Waals surface area contributed by atoms with Crippen LogP contribution in [0.1, 0.15) is 23.1 Å². The zero-order valence-corrected chi connectivity index (χ0v) is 6.24. The molecular formula is C8H9NO2. The molecule has 0 radical (unpaired) electrons. The minimum atomic E-state index is 0.151. The molecule has 1 rings (SSSR count). The summed E-state index contributed by atoms with van der Waals surface area (Å²) in [6.07, 6.45) is 1.30. The average Bonchev–Trinajstić information content (AvgIpc) is 2.05. The van der Waals surface area contributed by atoms with E-state index in [2.05, 4.69) is 4.98 Å². The van der Waals surface area contributed by atoms with Crippen molar-refractivity contribution >= 4 is 6.29 Å². The Balaban J connectivity index is 3.12. The van der Waals surface area contributed by atoms with Crippen LogP contribution >= 0.6 is 0 Å². The van der Waals surface area contributed by atoms with E-state index in [9.17, 15) is 4.79 Å². The quantitative estimate of drug-likeness (QED) is 0.645. The molecule has 0 atom stereocenters. The number of aromatic hydroxyl groups is 1. The Kier molecular flexibility index (Phi) is 2.21. The monoisotopic (exact) mass is 151 g/mol. The van der Waals surface area contributed by atoms with E-state index in [4.69, 9.17) is 5.11 Å². The third-order valence-electron chi connectivity index (χ3n) is 1.43. The fraction of sp³-hybridized carbons (Fsp3) is 0.250. The number of rotatable bonds is 2. The largest absolute Gasteiger partial charge is 0.506 e. The van der Waals surface area contributed by atoms with Crippen molar-refractivity contribution in [1.82, 2.24) is 4.98 Å². The van der Waals surface area contributed by atoms with Crippen LogP contribution in [-0.2, 0) is 6.42 Å². The molecule has 0 amide bonds. The van der Waals surface area contributed by atoms with Gasteiger partial charge in [-0.2, -0.15) is 0 Å². The van der Waals surface area contributed by atoms with Gasteiger partial charge in [0.05, 0.1) is 5.69 Å². The lowest BCUT2D eigenvalue weighted by molar-refractivity contribution is 0.111. The van der Waals surface area contributed by atoms with Crippen LogP contribution in [0.3, 0.4) is 0 Å². The summed E-state index contributed by atoms with van der Waals surface area (Å²) >= 11 is 0. The molecule has 3 nitrogen and oxygen atoms in total. The van der Waals surface area contributed by atoms with Crippen molar-refractivity contribution in [2.24, 2.45) is 0 Å². The van der Waals surface area contributed by atoms with Crippen LogP contribution in [0.25, 0.3) is 0 Å². The molecule has 0 saturated heterocycles. The number of hydrogen-bond donors (Lipinski definition) is 1. The van der Waals surface area contributed by atoms with Crippen LogP contribution in [0, 0.1) is 0 Å². The third kappa shape index (κ3) is 1.55. The summed E-state index contributed by atoms with van der Waals surface area (Å²) in [5.74, 6) is 0.151. The minimum Gasteiger partial charge on any atom is -0.506 e. The number of aromatic nitrogens is 1. The smallest absolute Gasteiger partial charge is 0.168 e. The first-order valence-electron chi connectivity index (χ1n) is 3.42. The number of carbonyl (C=O) groups excluding carboxylic acids is 1. The zero-order chi connectivity index (χ0) is 8.27. The van der Waals surface area contributed by atoms with Crippen molar-refractivity contribution in [3.05, 3.63) is 23.5 Å². The first kappa shape index (κ1) is 7.72. The molecule has 0 aromatic carbocycles. The van der Waals surface area contributed by atoms with Crippen LogP contribution < -0.4 is 0 Å². The maximum absolute atomic E-state index is 10.2. The highest BCUT2D eigenvalue weighted by Crippen LogP contribution is 2.13. The van der Waals surface area contributed by atoms with Crippen LogP contribution in [0.15, 0.2) is 12.1 Å². The van der Waals surface area contributed by atoms with Gasteiger partial charge in [-0.1, -0.05) is 6.92 Å². The van der Waals surface area contributed by atoms with E-state index in [0.717, 1.165) is 0 Å². The summed E-state index contributed by atoms with van der Waals surface area (Å²) in [5.41, 5.74) is 0.925. The fourth-order valence-electron chi connectivity index (χ4n) is 0.837. The molecule has 0 saturated carbocycles. The van der Waals surface area contributed by atoms with Gasteiger partial charge in [0.1, 0.15) is 11.4 Å². The molecule has 1 aromatic rings. The number of aldehydes is 1. The standard InChI is InChI=1S/C8H9NO2/c1-2-7-8(11)4-3-6(5-10)9-7/h3-5,11H,2H2,1H3. The highest BCUT2D eigenvalue weighted by Gasteiger charge is 2.00. The lowest BCUT2D eigenvalue weighted by Gasteiger charge is -1.99. The molecule has 0 aliphatic carbocycles. The number of pyridine rings is 1. The summed E-state index contributed by atoms with van der Waals surface area (Å²) in [6, 6.07) is 2.97. The van der Waals surface area contributed by atoms with E-state index in [-0.39, 0.29) is 5.75 Å². The maximum Gasteiger partial charge on any atom is 0.168 e. The van der Waals surface area contributed by atoms with E-state index >= 15 is 0 Å². The van der Waals surface area contributed by atoms with Crippen molar-refractivity contribution < 1.29 is 9.90 Å². The van der Waals surface area contributed by atoms with E-state index in [1.54, 1.807) is 0 Å². The molecular weight excluding hydrogens is 142 g/mol. The summed E-state index contributed by atoms with van der Waals surface area (Å²) in [7, 11) is 0. The van der Waals surface area contributed by atoms with E-state index < -0.39 is 0 Å². The molecule has 1 N–H and O–H groups in total. The first-order chi connectivity index (χ1) is 5.27. The maximum atomic E-state index is 10.2. The molecule has 0 unspecified atom stereocenters. The van der Waals surface area contributed by atoms with Gasteiger partial charge in [-0.25, -0.2) is 4.98 Å². The zero-order valence-electron chi connectivity index (χ0n) is 6.24. The summed E-state index contributed by atoms with van der Waals surface area (Å²) in [5, 5.41) is 9.15. The van der Waals surface area contributed by atoms with Gasteiger partial charge in [0, 0.05) is 0 Å². The Morgan fingerprint density at radius 3 is 2.91 bits per heavy atom. The van der Waals surface area contributed by atoms with Gasteiger partial charge in [0.25, 0.3) is 0 Å². The van der Waals surface area contributed by atoms with Crippen LogP contribution in [0.5, 0.6) is 5.75 Å². The first-order valence-corrected chi connectivity index (χ1v) is 3.42. The number of carbonyl (C=O) groups is 1. The van der Waals surface area contributed by atoms with Crippen molar-refractivity contribution in [2.45, 2.75) is 13.3 Å². The Bertz CT molecular complexity index is 271. The average molecular weight is 151 g/mol. The minimum absolute atomic E-state index is 0.151. The van der Waals surface area contributed by atoms with E-state index in [1.165, 1.54) is 12.1 Å². The molecule has 1 heterocycles. The molecule has 0 spiro atoms. The van der Waals surface area contributed by atoms with Gasteiger partial charge in [0.15, 0.2) is 6.29 Å². The molecule has 3 heteroatoms. The molecule has 0 bridgehead atoms. The van der Waals surface area contributed by atoms with Gasteiger partial charge >= 0.3 is 0 Å². The summed E-state index contributed by atoms with van der Waals surface area (Å²) in [4.78, 5) is 14.1. The fourth-order valence-corrected chi connectivity index (χ4v) is 0.837. The molecule has 1 aromatic heterocycles. The van der Waals surface area contributed by atoms with Gasteiger partial charge in [-0.05, 0) is 18.6 Å². The van der Waals surface area contributed by atoms with Gasteiger partial charge < -0.3 is 5.11 Å². The lowest BCUT2D eigenvalue weighted by atomic mass is 10.2. The van der Waals surface area contributed by atoms with Gasteiger partial charge in [-0.15, -0.1) is 0 Å². The Labute approximate surface area is 64.7 Å². The Morgan fingerprint density at radius 1 is 1.64 bits per heavy atom. The van der Waals surface area contributed by atoms with E-state index in [1.807, 2.05) is 6.92 Å². The van der Waals surface area contributed by atoms with Crippen LogP contribution in [-0.4, -0.2) is 16.4 Å². The lowest BCUT2D eigenvalue weighted by Crippen LogP contribution is -1.92. The molecule has 11 heavy (non-hydrogen) atoms. The van der Waals surface area contributed by atoms with Crippen LogP contribution in [0.2, 0.25) is 0 Å². The predicted molar refractivity (Wildman–Crippen MR) is 40.7 cm³/mol. The Morgan fingerprint density at radius 2 is 2.36 bits per heavy atom. The summed E-state index contributed by atoms with van der Waals surface area (Å²) < 4.78 is 0. The molecule has 58 valence electrons. The second-order valence-electron chi connectivity index (χ2n) is 2.17. The third-order valence-corrected chi connectivity index (χ3v) is 1.43. The summed E-state index contributed by atoms with van der Waals surface area (Å²) in [6.45, 7) is 1.87. The SMILES string of the molecule is CCc1nc(C=O)ccc1O. The highest BCUT2D eigenvalue weighted by atomic mass is 16.3. The van der Waals surface area contributed by atoms with Crippen molar-refractivity contribution in [2.75, 3.05) is 0 Å². The van der Waals surface area contributed by atoms with Gasteiger partial charge in [0.2, 0.25) is 0 Å². The molecule has 0 aliphatic rings. The normalized spacial score (nSPS) is 9.55. The second-order valence-corrected chi connectivity index (χ2v) is 2.17. The van der Waals surface area contributed by atoms with Crippen LogP contribution in [0.4, 0.5) is 0 Å². The number of nitrogens with zero attached hydrogens (tertiary/aromatic N) is 1. The number of aryl methyl sites for hydroxylation is 1. The number of hydrogen-bond acceptors (Lipinski definition) is 3.